The van der Waals surface area contributed by atoms with Crippen molar-refractivity contribution in [3.8, 4) is 5.75 Å². The Bertz CT molecular complexity index is 845. The Labute approximate surface area is 200 Å². The van der Waals surface area contributed by atoms with E-state index in [0.29, 0.717) is 12.3 Å². The molecule has 0 aliphatic carbocycles. The van der Waals surface area contributed by atoms with Gasteiger partial charge in [-0.15, -0.1) is 6.58 Å². The third kappa shape index (κ3) is 5.66. The number of likely N-dealkylation sites (tertiary alicyclic amines) is 2. The van der Waals surface area contributed by atoms with Crippen LogP contribution >= 0.6 is 15.9 Å². The summed E-state index contributed by atoms with van der Waals surface area (Å²) in [5.41, 5.74) is 0.447. The van der Waals surface area contributed by atoms with Crippen LogP contribution in [0.1, 0.15) is 52.0 Å². The van der Waals surface area contributed by atoms with Gasteiger partial charge >= 0.3 is 6.09 Å². The number of aryl methyl sites for hydroxylation is 1. The molecule has 6 nitrogen and oxygen atoms in total. The number of hydrogen-bond donors (Lipinski definition) is 0. The van der Waals surface area contributed by atoms with Crippen LogP contribution in [-0.2, 0) is 9.53 Å². The molecule has 2 heterocycles. The van der Waals surface area contributed by atoms with E-state index in [-0.39, 0.29) is 24.0 Å². The topological polar surface area (TPSA) is 59.1 Å². The number of ether oxygens (including phenoxy) is 2. The maximum Gasteiger partial charge on any atom is 0.410 e. The first-order valence-electron chi connectivity index (χ1n) is 11.4. The van der Waals surface area contributed by atoms with Gasteiger partial charge in [0.15, 0.2) is 6.10 Å². The van der Waals surface area contributed by atoms with Crippen LogP contribution in [0.2, 0.25) is 0 Å². The third-order valence-electron chi connectivity index (χ3n) is 6.06. The van der Waals surface area contributed by atoms with Crippen LogP contribution < -0.4 is 4.74 Å². The van der Waals surface area contributed by atoms with Gasteiger partial charge in [-0.05, 0) is 80.9 Å². The Balaban J connectivity index is 1.91. The zero-order valence-corrected chi connectivity index (χ0v) is 21.2. The van der Waals surface area contributed by atoms with E-state index in [1.54, 1.807) is 11.0 Å². The highest BCUT2D eigenvalue weighted by Crippen LogP contribution is 2.35. The SMILES string of the molecule is C=C[C@@H]([C@@H](Oc1cccc(C)c1Br)C(=O)N1CCCC1)[C@@H]1CCCN1C(=O)OC(C)(C)C. The van der Waals surface area contributed by atoms with Crippen molar-refractivity contribution in [2.75, 3.05) is 19.6 Å². The van der Waals surface area contributed by atoms with Crippen molar-refractivity contribution >= 4 is 27.9 Å². The quantitative estimate of drug-likeness (QED) is 0.489. The minimum atomic E-state index is -0.767. The Kier molecular flexibility index (Phi) is 7.91. The summed E-state index contributed by atoms with van der Waals surface area (Å²) in [5.74, 6) is 0.221. The number of amides is 2. The summed E-state index contributed by atoms with van der Waals surface area (Å²) in [5, 5.41) is 0. The number of hydrogen-bond acceptors (Lipinski definition) is 4. The molecule has 2 aliphatic rings. The molecule has 2 amide bonds. The summed E-state index contributed by atoms with van der Waals surface area (Å²) < 4.78 is 12.9. The molecule has 3 rings (SSSR count). The maximum atomic E-state index is 13.6. The number of halogens is 1. The summed E-state index contributed by atoms with van der Waals surface area (Å²) in [6, 6.07) is 5.56. The van der Waals surface area contributed by atoms with Gasteiger partial charge in [-0.1, -0.05) is 18.2 Å². The van der Waals surface area contributed by atoms with Gasteiger partial charge in [-0.2, -0.15) is 0 Å². The van der Waals surface area contributed by atoms with Crippen LogP contribution in [0.5, 0.6) is 5.75 Å². The molecule has 32 heavy (non-hydrogen) atoms. The van der Waals surface area contributed by atoms with Crippen molar-refractivity contribution < 1.29 is 19.1 Å². The molecule has 2 fully saturated rings. The smallest absolute Gasteiger partial charge is 0.410 e. The van der Waals surface area contributed by atoms with E-state index in [4.69, 9.17) is 9.47 Å². The molecule has 1 aromatic carbocycles. The first kappa shape index (κ1) is 24.6. The fourth-order valence-electron chi connectivity index (χ4n) is 4.48. The molecule has 2 saturated heterocycles. The highest BCUT2D eigenvalue weighted by Gasteiger charge is 2.44. The van der Waals surface area contributed by atoms with Gasteiger partial charge in [-0.25, -0.2) is 4.79 Å². The molecule has 0 spiro atoms. The molecule has 0 saturated carbocycles. The van der Waals surface area contributed by atoms with Gasteiger partial charge in [0.2, 0.25) is 0 Å². The molecule has 0 N–H and O–H groups in total. The van der Waals surface area contributed by atoms with E-state index < -0.39 is 11.7 Å². The maximum absolute atomic E-state index is 13.6. The van der Waals surface area contributed by atoms with E-state index in [1.807, 2.05) is 50.8 Å². The van der Waals surface area contributed by atoms with Gasteiger partial charge < -0.3 is 19.3 Å². The minimum absolute atomic E-state index is 0.0446. The predicted octanol–water partition coefficient (Wildman–Crippen LogP) is 5.33. The molecule has 7 heteroatoms. The third-order valence-corrected chi connectivity index (χ3v) is 7.08. The zero-order valence-electron chi connectivity index (χ0n) is 19.6. The molecule has 0 bridgehead atoms. The fourth-order valence-corrected chi connectivity index (χ4v) is 4.84. The number of benzene rings is 1. The summed E-state index contributed by atoms with van der Waals surface area (Å²) in [4.78, 5) is 30.2. The Hall–Kier alpha value is -2.02. The molecular formula is C25H35BrN2O4. The van der Waals surface area contributed by atoms with Crippen molar-refractivity contribution in [2.24, 2.45) is 5.92 Å². The molecule has 0 radical (unpaired) electrons. The summed E-state index contributed by atoms with van der Waals surface area (Å²) in [6.07, 6.45) is 4.28. The Morgan fingerprint density at radius 1 is 1.19 bits per heavy atom. The number of rotatable bonds is 6. The van der Waals surface area contributed by atoms with Gasteiger partial charge in [0.25, 0.3) is 5.91 Å². The van der Waals surface area contributed by atoms with Crippen LogP contribution in [0.15, 0.2) is 35.3 Å². The van der Waals surface area contributed by atoms with Crippen molar-refractivity contribution in [3.63, 3.8) is 0 Å². The standard InChI is InChI=1S/C25H35BrN2O4/c1-6-18(19-12-10-16-28(19)24(30)32-25(3,4)5)22(23(29)27-14-7-8-15-27)31-20-13-9-11-17(2)21(20)26/h6,9,11,13,18-19,22H,1,7-8,10,12,14-16H2,2-5H3/t18-,19+,22-/m1/s1. The molecule has 2 aliphatic heterocycles. The van der Waals surface area contributed by atoms with E-state index in [9.17, 15) is 9.59 Å². The van der Waals surface area contributed by atoms with Crippen LogP contribution in [0.25, 0.3) is 0 Å². The van der Waals surface area contributed by atoms with Gasteiger partial charge in [-0.3, -0.25) is 4.79 Å². The van der Waals surface area contributed by atoms with Crippen molar-refractivity contribution in [1.82, 2.24) is 9.80 Å². The highest BCUT2D eigenvalue weighted by molar-refractivity contribution is 9.10. The van der Waals surface area contributed by atoms with Gasteiger partial charge in [0.1, 0.15) is 11.4 Å². The van der Waals surface area contributed by atoms with Crippen molar-refractivity contribution in [2.45, 2.75) is 71.1 Å². The molecular weight excluding hydrogens is 472 g/mol. The Morgan fingerprint density at radius 3 is 2.50 bits per heavy atom. The molecule has 1 aromatic rings. The van der Waals surface area contributed by atoms with E-state index in [2.05, 4.69) is 22.5 Å². The second kappa shape index (κ2) is 10.3. The number of carbonyl (C=O) groups excluding carboxylic acids is 2. The number of carbonyl (C=O) groups is 2. The van der Waals surface area contributed by atoms with Gasteiger partial charge in [0, 0.05) is 31.6 Å². The lowest BCUT2D eigenvalue weighted by molar-refractivity contribution is -0.140. The first-order chi connectivity index (χ1) is 15.1. The molecule has 3 atom stereocenters. The number of nitrogens with zero attached hydrogens (tertiary/aromatic N) is 2. The average Bonchev–Trinajstić information content (AvgIpc) is 3.41. The van der Waals surface area contributed by atoms with Crippen molar-refractivity contribution in [3.05, 3.63) is 40.9 Å². The largest absolute Gasteiger partial charge is 0.479 e. The fraction of sp³-hybridized carbons (Fsp3) is 0.600. The first-order valence-corrected chi connectivity index (χ1v) is 12.2. The van der Waals surface area contributed by atoms with E-state index >= 15 is 0 Å². The predicted molar refractivity (Wildman–Crippen MR) is 129 cm³/mol. The van der Waals surface area contributed by atoms with Gasteiger partial charge in [0.05, 0.1) is 4.47 Å². The lowest BCUT2D eigenvalue weighted by Gasteiger charge is -2.36. The van der Waals surface area contributed by atoms with Crippen LogP contribution in [0.3, 0.4) is 0 Å². The lowest BCUT2D eigenvalue weighted by atomic mass is 9.90. The minimum Gasteiger partial charge on any atom is -0.479 e. The summed E-state index contributed by atoms with van der Waals surface area (Å²) in [7, 11) is 0. The monoisotopic (exact) mass is 506 g/mol. The molecule has 0 aromatic heterocycles. The second-order valence-corrected chi connectivity index (χ2v) is 10.4. The normalized spacial score (nSPS) is 20.7. The second-order valence-electron chi connectivity index (χ2n) is 9.65. The van der Waals surface area contributed by atoms with Crippen LogP contribution in [0, 0.1) is 12.8 Å². The van der Waals surface area contributed by atoms with Crippen LogP contribution in [-0.4, -0.2) is 59.2 Å². The highest BCUT2D eigenvalue weighted by atomic mass is 79.9. The molecule has 176 valence electrons. The molecule has 0 unspecified atom stereocenters. The Morgan fingerprint density at radius 2 is 1.88 bits per heavy atom. The van der Waals surface area contributed by atoms with E-state index in [0.717, 1.165) is 48.8 Å². The summed E-state index contributed by atoms with van der Waals surface area (Å²) >= 11 is 3.60. The lowest BCUT2D eigenvalue weighted by Crippen LogP contribution is -2.52. The van der Waals surface area contributed by atoms with E-state index in [1.165, 1.54) is 0 Å². The summed E-state index contributed by atoms with van der Waals surface area (Å²) in [6.45, 7) is 13.7. The van der Waals surface area contributed by atoms with Crippen molar-refractivity contribution in [1.29, 1.82) is 0 Å². The zero-order chi connectivity index (χ0) is 23.5. The van der Waals surface area contributed by atoms with Crippen LogP contribution in [0.4, 0.5) is 4.79 Å². The average molecular weight is 507 g/mol.